The van der Waals surface area contributed by atoms with Gasteiger partial charge in [-0.25, -0.2) is 0 Å². The number of hydrogen-bond acceptors (Lipinski definition) is 3. The van der Waals surface area contributed by atoms with Gasteiger partial charge in [-0.2, -0.15) is 0 Å². The Morgan fingerprint density at radius 3 is 2.71 bits per heavy atom. The van der Waals surface area contributed by atoms with Crippen LogP contribution in [0.4, 0.5) is 0 Å². The summed E-state index contributed by atoms with van der Waals surface area (Å²) < 4.78 is 0. The first-order chi connectivity index (χ1) is 10.3. The zero-order chi connectivity index (χ0) is 14.7. The smallest absolute Gasteiger partial charge is 0.0333 e. The monoisotopic (exact) mass is 293 g/mol. The van der Waals surface area contributed by atoms with E-state index in [1.54, 1.807) is 0 Å². The van der Waals surface area contributed by atoms with E-state index in [1.807, 2.05) is 0 Å². The van der Waals surface area contributed by atoms with Gasteiger partial charge in [0, 0.05) is 37.8 Å². The lowest BCUT2D eigenvalue weighted by molar-refractivity contribution is -0.0178. The van der Waals surface area contributed by atoms with E-state index in [2.05, 4.69) is 16.7 Å². The van der Waals surface area contributed by atoms with Gasteiger partial charge in [-0.1, -0.05) is 32.6 Å². The third-order valence-corrected chi connectivity index (χ3v) is 6.74. The maximum absolute atomic E-state index is 6.34. The molecule has 2 aliphatic heterocycles. The van der Waals surface area contributed by atoms with Gasteiger partial charge < -0.3 is 5.73 Å². The molecule has 1 saturated carbocycles. The van der Waals surface area contributed by atoms with Crippen molar-refractivity contribution in [2.24, 2.45) is 11.7 Å². The zero-order valence-electron chi connectivity index (χ0n) is 14.0. The number of rotatable bonds is 3. The summed E-state index contributed by atoms with van der Waals surface area (Å²) >= 11 is 0. The molecule has 0 aromatic carbocycles. The summed E-state index contributed by atoms with van der Waals surface area (Å²) in [6.07, 6.45) is 12.5. The molecule has 3 unspecified atom stereocenters. The van der Waals surface area contributed by atoms with Crippen molar-refractivity contribution in [3.63, 3.8) is 0 Å². The van der Waals surface area contributed by atoms with Crippen molar-refractivity contribution < 1.29 is 0 Å². The Balaban J connectivity index is 1.67. The van der Waals surface area contributed by atoms with Crippen LogP contribution in [0.3, 0.4) is 0 Å². The quantitative estimate of drug-likeness (QED) is 0.812. The van der Waals surface area contributed by atoms with Crippen molar-refractivity contribution in [2.45, 2.75) is 76.3 Å². The topological polar surface area (TPSA) is 32.5 Å². The summed E-state index contributed by atoms with van der Waals surface area (Å²) in [5, 5.41) is 0. The fraction of sp³-hybridized carbons (Fsp3) is 1.00. The second-order valence-electron chi connectivity index (χ2n) is 7.77. The van der Waals surface area contributed by atoms with Gasteiger partial charge in [0.1, 0.15) is 0 Å². The van der Waals surface area contributed by atoms with E-state index >= 15 is 0 Å². The molecule has 2 heterocycles. The van der Waals surface area contributed by atoms with Crippen molar-refractivity contribution in [1.82, 2.24) is 9.80 Å². The highest BCUT2D eigenvalue weighted by Gasteiger charge is 2.41. The van der Waals surface area contributed by atoms with E-state index in [4.69, 9.17) is 5.73 Å². The van der Waals surface area contributed by atoms with Crippen LogP contribution < -0.4 is 5.73 Å². The maximum Gasteiger partial charge on any atom is 0.0333 e. The molecule has 21 heavy (non-hydrogen) atoms. The third kappa shape index (κ3) is 3.30. The number of fused-ring (bicyclic) bond motifs is 1. The Morgan fingerprint density at radius 1 is 1.00 bits per heavy atom. The number of nitrogens with zero attached hydrogens (tertiary/aromatic N) is 2. The van der Waals surface area contributed by atoms with Crippen molar-refractivity contribution in [3.8, 4) is 0 Å². The first kappa shape index (κ1) is 15.8. The van der Waals surface area contributed by atoms with Crippen LogP contribution in [0.2, 0.25) is 0 Å². The van der Waals surface area contributed by atoms with Gasteiger partial charge in [-0.05, 0) is 44.6 Å². The molecule has 0 amide bonds. The molecule has 0 aromatic heterocycles. The van der Waals surface area contributed by atoms with Crippen molar-refractivity contribution in [1.29, 1.82) is 0 Å². The molecule has 2 N–H and O–H groups in total. The summed E-state index contributed by atoms with van der Waals surface area (Å²) in [6.45, 7) is 8.39. The highest BCUT2D eigenvalue weighted by atomic mass is 15.3. The molecule has 0 bridgehead atoms. The second-order valence-corrected chi connectivity index (χ2v) is 7.77. The molecule has 3 atom stereocenters. The highest BCUT2D eigenvalue weighted by molar-refractivity contribution is 4.98. The number of nitrogens with two attached hydrogens (primary N) is 1. The van der Waals surface area contributed by atoms with Crippen LogP contribution in [0.25, 0.3) is 0 Å². The SMILES string of the molecule is CCC1CCCC(CN)(N2CCN3CCCCC3C2)CC1. The zero-order valence-corrected chi connectivity index (χ0v) is 14.0. The minimum atomic E-state index is 0.327. The minimum Gasteiger partial charge on any atom is -0.329 e. The number of piperazine rings is 1. The van der Waals surface area contributed by atoms with E-state index in [0.717, 1.165) is 18.5 Å². The standard InChI is InChI=1S/C18H35N3/c1-2-16-6-5-9-18(15-19,10-8-16)21-13-12-20-11-4-3-7-17(20)14-21/h16-17H,2-15,19H2,1H3. The Morgan fingerprint density at radius 2 is 1.90 bits per heavy atom. The van der Waals surface area contributed by atoms with Crippen LogP contribution in [-0.2, 0) is 0 Å². The fourth-order valence-electron chi connectivity index (χ4n) is 5.11. The first-order valence-electron chi connectivity index (χ1n) is 9.46. The lowest BCUT2D eigenvalue weighted by Crippen LogP contribution is -2.63. The van der Waals surface area contributed by atoms with Crippen LogP contribution in [0.15, 0.2) is 0 Å². The van der Waals surface area contributed by atoms with Crippen LogP contribution in [-0.4, -0.2) is 54.1 Å². The molecule has 0 spiro atoms. The molecule has 3 fully saturated rings. The summed E-state index contributed by atoms with van der Waals surface area (Å²) in [4.78, 5) is 5.56. The van der Waals surface area contributed by atoms with E-state index in [0.29, 0.717) is 5.54 Å². The van der Waals surface area contributed by atoms with E-state index in [-0.39, 0.29) is 0 Å². The van der Waals surface area contributed by atoms with Gasteiger partial charge in [0.15, 0.2) is 0 Å². The molecule has 3 aliphatic rings. The van der Waals surface area contributed by atoms with E-state index in [9.17, 15) is 0 Å². The van der Waals surface area contributed by atoms with Gasteiger partial charge in [-0.15, -0.1) is 0 Å². The lowest BCUT2D eigenvalue weighted by atomic mass is 9.85. The molecule has 122 valence electrons. The van der Waals surface area contributed by atoms with Crippen LogP contribution in [0.1, 0.15) is 64.7 Å². The molecule has 0 aromatic rings. The Bertz CT molecular complexity index is 332. The van der Waals surface area contributed by atoms with Gasteiger partial charge in [0.2, 0.25) is 0 Å². The third-order valence-electron chi connectivity index (χ3n) is 6.74. The van der Waals surface area contributed by atoms with Crippen LogP contribution in [0, 0.1) is 5.92 Å². The molecular weight excluding hydrogens is 258 g/mol. The normalized spacial score (nSPS) is 39.7. The van der Waals surface area contributed by atoms with Gasteiger partial charge >= 0.3 is 0 Å². The Kier molecular flexibility index (Phi) is 5.23. The molecule has 2 saturated heterocycles. The second kappa shape index (κ2) is 6.97. The van der Waals surface area contributed by atoms with Crippen molar-refractivity contribution in [3.05, 3.63) is 0 Å². The molecule has 0 radical (unpaired) electrons. The molecule has 3 heteroatoms. The summed E-state index contributed by atoms with van der Waals surface area (Å²) in [6, 6.07) is 0.821. The predicted octanol–water partition coefficient (Wildman–Crippen LogP) is 2.84. The maximum atomic E-state index is 6.34. The van der Waals surface area contributed by atoms with Crippen molar-refractivity contribution in [2.75, 3.05) is 32.7 Å². The highest BCUT2D eigenvalue weighted by Crippen LogP contribution is 2.37. The van der Waals surface area contributed by atoms with E-state index < -0.39 is 0 Å². The largest absolute Gasteiger partial charge is 0.329 e. The Labute approximate surface area is 131 Å². The Hall–Kier alpha value is -0.120. The summed E-state index contributed by atoms with van der Waals surface area (Å²) in [5.74, 6) is 0.953. The molecule has 3 rings (SSSR count). The number of hydrogen-bond donors (Lipinski definition) is 1. The van der Waals surface area contributed by atoms with Gasteiger partial charge in [-0.3, -0.25) is 9.80 Å². The average molecular weight is 293 g/mol. The predicted molar refractivity (Wildman–Crippen MR) is 89.4 cm³/mol. The fourth-order valence-corrected chi connectivity index (χ4v) is 5.11. The molecule has 3 nitrogen and oxygen atoms in total. The lowest BCUT2D eigenvalue weighted by Gasteiger charge is -2.51. The minimum absolute atomic E-state index is 0.327. The van der Waals surface area contributed by atoms with Crippen LogP contribution in [0.5, 0.6) is 0 Å². The van der Waals surface area contributed by atoms with E-state index in [1.165, 1.54) is 84.0 Å². The van der Waals surface area contributed by atoms with Crippen molar-refractivity contribution >= 4 is 0 Å². The van der Waals surface area contributed by atoms with Gasteiger partial charge in [0.05, 0.1) is 0 Å². The average Bonchev–Trinajstić information content (AvgIpc) is 2.77. The molecule has 1 aliphatic carbocycles. The first-order valence-corrected chi connectivity index (χ1v) is 9.46. The van der Waals surface area contributed by atoms with Crippen LogP contribution >= 0.6 is 0 Å². The summed E-state index contributed by atoms with van der Waals surface area (Å²) in [7, 11) is 0. The van der Waals surface area contributed by atoms with Gasteiger partial charge in [0.25, 0.3) is 0 Å². The number of piperidine rings is 1. The summed E-state index contributed by atoms with van der Waals surface area (Å²) in [5.41, 5.74) is 6.67. The molecular formula is C18H35N3.